The topological polar surface area (TPSA) is 20.3 Å². The lowest BCUT2D eigenvalue weighted by Crippen LogP contribution is -2.27. The van der Waals surface area contributed by atoms with Crippen molar-refractivity contribution in [3.8, 4) is 0 Å². The minimum absolute atomic E-state index is 0.0687. The van der Waals surface area contributed by atoms with Crippen molar-refractivity contribution in [3.63, 3.8) is 0 Å². The minimum atomic E-state index is 0.0687. The van der Waals surface area contributed by atoms with Gasteiger partial charge in [-0.25, -0.2) is 0 Å². The first kappa shape index (κ1) is 16.1. The van der Waals surface area contributed by atoms with Crippen LogP contribution in [0.25, 0.3) is 0 Å². The Morgan fingerprint density at radius 3 is 2.17 bits per heavy atom. The Hall–Kier alpha value is -1.74. The van der Waals surface area contributed by atoms with Crippen molar-refractivity contribution in [3.05, 3.63) is 65.2 Å². The van der Waals surface area contributed by atoms with Crippen LogP contribution in [0.4, 0.5) is 5.69 Å². The summed E-state index contributed by atoms with van der Waals surface area (Å²) in [6.07, 6.45) is 0. The van der Waals surface area contributed by atoms with Crippen LogP contribution in [-0.2, 0) is 10.2 Å². The van der Waals surface area contributed by atoms with Gasteiger partial charge in [0.25, 0.3) is 0 Å². The van der Waals surface area contributed by atoms with E-state index < -0.39 is 0 Å². The molecule has 1 fully saturated rings. The highest BCUT2D eigenvalue weighted by Gasteiger charge is 2.34. The third-order valence-corrected chi connectivity index (χ3v) is 5.45. The molecule has 0 N–H and O–H groups in total. The van der Waals surface area contributed by atoms with Gasteiger partial charge in [0.15, 0.2) is 0 Å². The first-order chi connectivity index (χ1) is 10.9. The summed E-state index contributed by atoms with van der Waals surface area (Å²) in [5.74, 6) is 0.725. The SMILES string of the molecule is Cc1ccc(N2C(=O)CS[C@@H]2c2ccc(C(C)(C)C)cc2)cc1. The Morgan fingerprint density at radius 1 is 1.00 bits per heavy atom. The van der Waals surface area contributed by atoms with E-state index in [2.05, 4.69) is 64.1 Å². The summed E-state index contributed by atoms with van der Waals surface area (Å²) in [6, 6.07) is 16.9. The summed E-state index contributed by atoms with van der Waals surface area (Å²) >= 11 is 1.70. The number of hydrogen-bond acceptors (Lipinski definition) is 2. The number of nitrogens with zero attached hydrogens (tertiary/aromatic N) is 1. The molecule has 1 saturated heterocycles. The van der Waals surface area contributed by atoms with Crippen molar-refractivity contribution in [1.82, 2.24) is 0 Å². The molecule has 0 bridgehead atoms. The Kier molecular flexibility index (Phi) is 4.24. The summed E-state index contributed by atoms with van der Waals surface area (Å²) in [5, 5.41) is 0.0687. The van der Waals surface area contributed by atoms with Gasteiger partial charge in [-0.1, -0.05) is 62.7 Å². The van der Waals surface area contributed by atoms with Gasteiger partial charge < -0.3 is 0 Å². The van der Waals surface area contributed by atoms with Crippen LogP contribution >= 0.6 is 11.8 Å². The van der Waals surface area contributed by atoms with Crippen LogP contribution in [0.5, 0.6) is 0 Å². The number of hydrogen-bond donors (Lipinski definition) is 0. The number of anilines is 1. The molecular formula is C20H23NOS. The predicted octanol–water partition coefficient (Wildman–Crippen LogP) is 5.07. The van der Waals surface area contributed by atoms with Crippen LogP contribution in [-0.4, -0.2) is 11.7 Å². The van der Waals surface area contributed by atoms with Crippen LogP contribution < -0.4 is 4.90 Å². The maximum Gasteiger partial charge on any atom is 0.238 e. The molecular weight excluding hydrogens is 302 g/mol. The Balaban J connectivity index is 1.91. The quantitative estimate of drug-likeness (QED) is 0.768. The molecule has 1 aliphatic rings. The normalized spacial score (nSPS) is 18.5. The maximum atomic E-state index is 12.4. The van der Waals surface area contributed by atoms with Crippen molar-refractivity contribution in [2.24, 2.45) is 0 Å². The molecule has 2 aromatic rings. The number of carbonyl (C=O) groups excluding carboxylic acids is 1. The van der Waals surface area contributed by atoms with Gasteiger partial charge in [0.1, 0.15) is 5.37 Å². The summed E-state index contributed by atoms with van der Waals surface area (Å²) in [6.45, 7) is 8.71. The van der Waals surface area contributed by atoms with Crippen molar-refractivity contribution < 1.29 is 4.79 Å². The number of aryl methyl sites for hydroxylation is 1. The first-order valence-corrected chi connectivity index (χ1v) is 9.02. The van der Waals surface area contributed by atoms with Gasteiger partial charge in [0, 0.05) is 5.69 Å². The van der Waals surface area contributed by atoms with Crippen molar-refractivity contribution in [2.45, 2.75) is 38.5 Å². The van der Waals surface area contributed by atoms with E-state index >= 15 is 0 Å². The van der Waals surface area contributed by atoms with Crippen LogP contribution in [0.15, 0.2) is 48.5 Å². The van der Waals surface area contributed by atoms with Crippen molar-refractivity contribution in [2.75, 3.05) is 10.7 Å². The van der Waals surface area contributed by atoms with Gasteiger partial charge in [-0.3, -0.25) is 9.69 Å². The molecule has 3 rings (SSSR count). The molecule has 0 radical (unpaired) electrons. The van der Waals surface area contributed by atoms with Gasteiger partial charge in [-0.15, -0.1) is 11.8 Å². The largest absolute Gasteiger partial charge is 0.295 e. The van der Waals surface area contributed by atoms with Crippen LogP contribution in [0.2, 0.25) is 0 Å². The Bertz CT molecular complexity index is 698. The molecule has 0 aromatic heterocycles. The number of rotatable bonds is 2. The highest BCUT2D eigenvalue weighted by Crippen LogP contribution is 2.42. The second-order valence-electron chi connectivity index (χ2n) is 7.13. The second-order valence-corrected chi connectivity index (χ2v) is 8.20. The van der Waals surface area contributed by atoms with E-state index in [1.165, 1.54) is 16.7 Å². The zero-order valence-corrected chi connectivity index (χ0v) is 15.0. The summed E-state index contributed by atoms with van der Waals surface area (Å²) < 4.78 is 0. The molecule has 1 aliphatic heterocycles. The molecule has 1 heterocycles. The summed E-state index contributed by atoms with van der Waals surface area (Å²) in [4.78, 5) is 14.3. The maximum absolute atomic E-state index is 12.4. The molecule has 3 heteroatoms. The highest BCUT2D eigenvalue weighted by molar-refractivity contribution is 8.00. The number of amides is 1. The molecule has 0 aliphatic carbocycles. The lowest BCUT2D eigenvalue weighted by Gasteiger charge is -2.25. The van der Waals surface area contributed by atoms with E-state index in [9.17, 15) is 4.79 Å². The van der Waals surface area contributed by atoms with Crippen molar-refractivity contribution in [1.29, 1.82) is 0 Å². The zero-order valence-electron chi connectivity index (χ0n) is 14.2. The highest BCUT2D eigenvalue weighted by atomic mass is 32.2. The second kappa shape index (κ2) is 6.04. The average Bonchev–Trinajstić information content (AvgIpc) is 2.89. The van der Waals surface area contributed by atoms with E-state index in [-0.39, 0.29) is 16.7 Å². The van der Waals surface area contributed by atoms with Gasteiger partial charge in [-0.05, 0) is 35.6 Å². The molecule has 2 aromatic carbocycles. The number of benzene rings is 2. The molecule has 2 nitrogen and oxygen atoms in total. The summed E-state index contributed by atoms with van der Waals surface area (Å²) in [7, 11) is 0. The van der Waals surface area contributed by atoms with Crippen LogP contribution in [0.3, 0.4) is 0 Å². The van der Waals surface area contributed by atoms with Crippen LogP contribution in [0.1, 0.15) is 42.8 Å². The molecule has 1 atom stereocenters. The number of carbonyl (C=O) groups is 1. The third kappa shape index (κ3) is 3.30. The van der Waals surface area contributed by atoms with E-state index in [1.54, 1.807) is 11.8 Å². The third-order valence-electron chi connectivity index (χ3n) is 4.24. The first-order valence-electron chi connectivity index (χ1n) is 7.97. The zero-order chi connectivity index (χ0) is 16.6. The smallest absolute Gasteiger partial charge is 0.238 e. The molecule has 0 spiro atoms. The van der Waals surface area contributed by atoms with Gasteiger partial charge >= 0.3 is 0 Å². The Morgan fingerprint density at radius 2 is 1.61 bits per heavy atom. The lowest BCUT2D eigenvalue weighted by molar-refractivity contribution is -0.115. The lowest BCUT2D eigenvalue weighted by atomic mass is 9.86. The number of thioether (sulfide) groups is 1. The summed E-state index contributed by atoms with van der Waals surface area (Å²) in [5.41, 5.74) is 4.84. The van der Waals surface area contributed by atoms with Crippen LogP contribution in [0, 0.1) is 6.92 Å². The fourth-order valence-corrected chi connectivity index (χ4v) is 3.98. The standard InChI is InChI=1S/C20H23NOS/c1-14-5-11-17(12-6-14)21-18(22)13-23-19(21)15-7-9-16(10-8-15)20(2,3)4/h5-12,19H,13H2,1-4H3/t19-/m1/s1. The molecule has 1 amide bonds. The van der Waals surface area contributed by atoms with E-state index in [4.69, 9.17) is 0 Å². The fraction of sp³-hybridized carbons (Fsp3) is 0.350. The molecule has 23 heavy (non-hydrogen) atoms. The van der Waals surface area contributed by atoms with E-state index in [0.29, 0.717) is 5.75 Å². The predicted molar refractivity (Wildman–Crippen MR) is 99.0 cm³/mol. The van der Waals surface area contributed by atoms with E-state index in [0.717, 1.165) is 5.69 Å². The molecule has 0 saturated carbocycles. The molecule has 0 unspecified atom stereocenters. The monoisotopic (exact) mass is 325 g/mol. The molecule has 120 valence electrons. The van der Waals surface area contributed by atoms with Crippen molar-refractivity contribution >= 4 is 23.4 Å². The average molecular weight is 325 g/mol. The minimum Gasteiger partial charge on any atom is -0.295 e. The van der Waals surface area contributed by atoms with Gasteiger partial charge in [0.2, 0.25) is 5.91 Å². The van der Waals surface area contributed by atoms with Gasteiger partial charge in [0.05, 0.1) is 5.75 Å². The van der Waals surface area contributed by atoms with Gasteiger partial charge in [-0.2, -0.15) is 0 Å². The Labute approximate surface area is 142 Å². The fourth-order valence-electron chi connectivity index (χ4n) is 2.80. The van der Waals surface area contributed by atoms with E-state index in [1.807, 2.05) is 17.0 Å².